The summed E-state index contributed by atoms with van der Waals surface area (Å²) in [6.45, 7) is 0.678. The molecule has 0 aliphatic carbocycles. The third-order valence-electron chi connectivity index (χ3n) is 2.81. The van der Waals surface area contributed by atoms with Crippen molar-refractivity contribution in [3.8, 4) is 0 Å². The Morgan fingerprint density at radius 2 is 1.95 bits per heavy atom. The summed E-state index contributed by atoms with van der Waals surface area (Å²) in [5, 5.41) is 4.42. The van der Waals surface area contributed by atoms with Gasteiger partial charge in [0.2, 0.25) is 0 Å². The van der Waals surface area contributed by atoms with Crippen molar-refractivity contribution in [1.82, 2.24) is 15.0 Å². The number of hydrogen-bond acceptors (Lipinski definition) is 4. The van der Waals surface area contributed by atoms with E-state index >= 15 is 0 Å². The molecule has 1 aromatic carbocycles. The molecule has 0 saturated carbocycles. The van der Waals surface area contributed by atoms with Crippen LogP contribution >= 0.6 is 15.9 Å². The predicted octanol–water partition coefficient (Wildman–Crippen LogP) is 3.40. The number of pyridine rings is 1. The van der Waals surface area contributed by atoms with E-state index in [1.807, 2.05) is 24.4 Å². The van der Waals surface area contributed by atoms with E-state index in [-0.39, 0.29) is 0 Å². The van der Waals surface area contributed by atoms with Gasteiger partial charge in [-0.25, -0.2) is 9.97 Å². The minimum Gasteiger partial charge on any atom is -0.366 e. The molecule has 0 spiro atoms. The van der Waals surface area contributed by atoms with E-state index in [1.54, 1.807) is 0 Å². The van der Waals surface area contributed by atoms with Gasteiger partial charge in [-0.3, -0.25) is 4.98 Å². The van der Waals surface area contributed by atoms with Gasteiger partial charge in [0.1, 0.15) is 16.7 Å². The molecule has 0 unspecified atom stereocenters. The topological polar surface area (TPSA) is 50.7 Å². The molecule has 0 fully saturated rings. The maximum absolute atomic E-state index is 4.43. The van der Waals surface area contributed by atoms with E-state index in [2.05, 4.69) is 54.4 Å². The fourth-order valence-electron chi connectivity index (χ4n) is 1.93. The summed E-state index contributed by atoms with van der Waals surface area (Å²) in [6.07, 6.45) is 3.33. The number of hydrogen-bond donors (Lipinski definition) is 1. The minimum absolute atomic E-state index is 0.678. The number of rotatable bonds is 3. The van der Waals surface area contributed by atoms with Gasteiger partial charge in [0.25, 0.3) is 0 Å². The highest BCUT2D eigenvalue weighted by molar-refractivity contribution is 9.10. The van der Waals surface area contributed by atoms with E-state index in [0.29, 0.717) is 6.54 Å². The van der Waals surface area contributed by atoms with Crippen LogP contribution in [-0.2, 0) is 6.54 Å². The van der Waals surface area contributed by atoms with Crippen molar-refractivity contribution >= 4 is 32.7 Å². The molecular weight excluding hydrogens is 304 g/mol. The number of anilines is 1. The highest BCUT2D eigenvalue weighted by Gasteiger charge is 2.02. The fourth-order valence-corrected chi connectivity index (χ4v) is 2.23. The van der Waals surface area contributed by atoms with Gasteiger partial charge in [0.15, 0.2) is 0 Å². The molecule has 1 N–H and O–H groups in total. The first-order valence-electron chi connectivity index (χ1n) is 5.87. The monoisotopic (exact) mass is 314 g/mol. The first-order chi connectivity index (χ1) is 9.33. The highest BCUT2D eigenvalue weighted by atomic mass is 79.9. The number of nitrogens with one attached hydrogen (secondary N) is 1. The first-order valence-corrected chi connectivity index (χ1v) is 6.66. The van der Waals surface area contributed by atoms with Gasteiger partial charge in [0.05, 0.1) is 5.52 Å². The molecule has 2 aromatic heterocycles. The lowest BCUT2D eigenvalue weighted by atomic mass is 10.1. The first kappa shape index (κ1) is 12.0. The molecule has 0 atom stereocenters. The zero-order valence-electron chi connectivity index (χ0n) is 10.0. The number of halogens is 1. The fraction of sp³-hybridized carbons (Fsp3) is 0.0714. The molecular formula is C14H11BrN4. The smallest absolute Gasteiger partial charge is 0.130 e. The molecule has 0 bridgehead atoms. The Balaban J connectivity index is 1.86. The normalized spacial score (nSPS) is 10.6. The second kappa shape index (κ2) is 5.32. The third kappa shape index (κ3) is 2.71. The second-order valence-electron chi connectivity index (χ2n) is 4.07. The molecule has 0 radical (unpaired) electrons. The molecule has 3 aromatic rings. The molecule has 2 heterocycles. The average Bonchev–Trinajstić information content (AvgIpc) is 2.45. The van der Waals surface area contributed by atoms with Crippen molar-refractivity contribution in [1.29, 1.82) is 0 Å². The second-order valence-corrected chi connectivity index (χ2v) is 4.88. The van der Waals surface area contributed by atoms with Crippen LogP contribution in [0.25, 0.3) is 10.9 Å². The van der Waals surface area contributed by atoms with Gasteiger partial charge in [0, 0.05) is 24.2 Å². The van der Waals surface area contributed by atoms with Crippen LogP contribution in [0.4, 0.5) is 5.82 Å². The molecule has 5 heteroatoms. The van der Waals surface area contributed by atoms with Gasteiger partial charge in [-0.1, -0.05) is 24.3 Å². The van der Waals surface area contributed by atoms with Crippen LogP contribution < -0.4 is 5.32 Å². The van der Waals surface area contributed by atoms with Crippen molar-refractivity contribution < 1.29 is 0 Å². The average molecular weight is 315 g/mol. The summed E-state index contributed by atoms with van der Waals surface area (Å²) in [5.74, 6) is 0.787. The molecule has 0 aliphatic heterocycles. The van der Waals surface area contributed by atoms with E-state index < -0.39 is 0 Å². The van der Waals surface area contributed by atoms with Crippen LogP contribution in [0.3, 0.4) is 0 Å². The molecule has 19 heavy (non-hydrogen) atoms. The Morgan fingerprint density at radius 1 is 1.05 bits per heavy atom. The lowest BCUT2D eigenvalue weighted by Crippen LogP contribution is -2.02. The summed E-state index contributed by atoms with van der Waals surface area (Å²) < 4.78 is 0.765. The van der Waals surface area contributed by atoms with Crippen molar-refractivity contribution in [2.75, 3.05) is 5.32 Å². The molecule has 4 nitrogen and oxygen atoms in total. The largest absolute Gasteiger partial charge is 0.366 e. The highest BCUT2D eigenvalue weighted by Crippen LogP contribution is 2.17. The minimum atomic E-state index is 0.678. The Labute approximate surface area is 119 Å². The zero-order chi connectivity index (χ0) is 13.1. The molecule has 0 aliphatic rings. The Hall–Kier alpha value is -2.01. The van der Waals surface area contributed by atoms with Crippen LogP contribution in [0.2, 0.25) is 0 Å². The number of para-hydroxylation sites is 1. The van der Waals surface area contributed by atoms with E-state index in [1.165, 1.54) is 6.33 Å². The number of fused-ring (bicyclic) bond motifs is 1. The van der Waals surface area contributed by atoms with E-state index in [4.69, 9.17) is 0 Å². The van der Waals surface area contributed by atoms with Crippen LogP contribution in [0.5, 0.6) is 0 Å². The summed E-state index contributed by atoms with van der Waals surface area (Å²) in [7, 11) is 0. The zero-order valence-corrected chi connectivity index (χ0v) is 11.6. The van der Waals surface area contributed by atoms with Crippen LogP contribution in [0.1, 0.15) is 5.56 Å². The van der Waals surface area contributed by atoms with Crippen LogP contribution in [-0.4, -0.2) is 15.0 Å². The molecule has 0 amide bonds. The van der Waals surface area contributed by atoms with E-state index in [0.717, 1.165) is 26.9 Å². The number of benzene rings is 1. The molecule has 3 rings (SSSR count). The Bertz CT molecular complexity index is 709. The number of nitrogens with zero attached hydrogens (tertiary/aromatic N) is 3. The van der Waals surface area contributed by atoms with Crippen molar-refractivity contribution in [2.24, 2.45) is 0 Å². The summed E-state index contributed by atoms with van der Waals surface area (Å²) in [5.41, 5.74) is 2.17. The van der Waals surface area contributed by atoms with Crippen molar-refractivity contribution in [3.05, 3.63) is 59.1 Å². The van der Waals surface area contributed by atoms with Crippen molar-refractivity contribution in [2.45, 2.75) is 6.54 Å². The summed E-state index contributed by atoms with van der Waals surface area (Å²) >= 11 is 3.32. The van der Waals surface area contributed by atoms with Gasteiger partial charge < -0.3 is 5.32 Å². The molecule has 0 saturated heterocycles. The van der Waals surface area contributed by atoms with Gasteiger partial charge in [-0.2, -0.15) is 0 Å². The van der Waals surface area contributed by atoms with Crippen LogP contribution in [0, 0.1) is 0 Å². The maximum atomic E-state index is 4.43. The number of aromatic nitrogens is 3. The SMILES string of the molecule is Brc1cc(NCc2cccc3cccnc23)ncn1. The molecule has 94 valence electrons. The predicted molar refractivity (Wildman–Crippen MR) is 78.8 cm³/mol. The Morgan fingerprint density at radius 3 is 2.84 bits per heavy atom. The van der Waals surface area contributed by atoms with Crippen molar-refractivity contribution in [3.63, 3.8) is 0 Å². The van der Waals surface area contributed by atoms with Crippen LogP contribution in [0.15, 0.2) is 53.5 Å². The lowest BCUT2D eigenvalue weighted by Gasteiger charge is -2.08. The van der Waals surface area contributed by atoms with Gasteiger partial charge in [-0.15, -0.1) is 0 Å². The summed E-state index contributed by atoms with van der Waals surface area (Å²) in [4.78, 5) is 12.6. The third-order valence-corrected chi connectivity index (χ3v) is 3.24. The van der Waals surface area contributed by atoms with E-state index in [9.17, 15) is 0 Å². The maximum Gasteiger partial charge on any atom is 0.130 e. The summed E-state index contributed by atoms with van der Waals surface area (Å²) in [6, 6.07) is 12.0. The lowest BCUT2D eigenvalue weighted by molar-refractivity contribution is 1.07. The quantitative estimate of drug-likeness (QED) is 0.753. The Kier molecular flexibility index (Phi) is 3.37. The van der Waals surface area contributed by atoms with Gasteiger partial charge in [-0.05, 0) is 27.6 Å². The standard InChI is InChI=1S/C14H11BrN4/c15-12-7-13(19-9-18-12)17-8-11-4-1-3-10-5-2-6-16-14(10)11/h1-7,9H,8H2,(H,17,18,19). The van der Waals surface area contributed by atoms with Gasteiger partial charge >= 0.3 is 0 Å².